The van der Waals surface area contributed by atoms with Gasteiger partial charge < -0.3 is 19.5 Å². The van der Waals surface area contributed by atoms with Crippen molar-refractivity contribution >= 4 is 22.7 Å². The number of benzene rings is 3. The lowest BCUT2D eigenvalue weighted by molar-refractivity contribution is -0.141. The quantitative estimate of drug-likeness (QED) is 0.300. The third-order valence-electron chi connectivity index (χ3n) is 7.73. The van der Waals surface area contributed by atoms with Crippen LogP contribution in [0.15, 0.2) is 54.6 Å². The van der Waals surface area contributed by atoms with Crippen molar-refractivity contribution < 1.29 is 19.0 Å². The van der Waals surface area contributed by atoms with Crippen molar-refractivity contribution in [2.45, 2.75) is 51.7 Å². The van der Waals surface area contributed by atoms with E-state index in [2.05, 4.69) is 72.3 Å². The van der Waals surface area contributed by atoms with Crippen LogP contribution in [0.3, 0.4) is 0 Å². The molecule has 3 heterocycles. The molecule has 1 aromatic heterocycles. The topological polar surface area (TPSA) is 74.6 Å². The average Bonchev–Trinajstić information content (AvgIpc) is 3.67. The summed E-state index contributed by atoms with van der Waals surface area (Å²) in [5.74, 6) is 1.63. The Morgan fingerprint density at radius 1 is 1.16 bits per heavy atom. The minimum atomic E-state index is -0.215. The van der Waals surface area contributed by atoms with Gasteiger partial charge in [-0.05, 0) is 67.6 Å². The maximum absolute atomic E-state index is 11.7. The third kappa shape index (κ3) is 4.52. The van der Waals surface area contributed by atoms with Crippen molar-refractivity contribution in [2.24, 2.45) is 0 Å². The maximum atomic E-state index is 11.7. The van der Waals surface area contributed by atoms with Crippen LogP contribution in [-0.4, -0.2) is 35.8 Å². The molecular weight excluding hydrogens is 478 g/mol. The van der Waals surface area contributed by atoms with Crippen molar-refractivity contribution in [1.82, 2.24) is 9.55 Å². The molecule has 0 aliphatic carbocycles. The molecule has 0 spiro atoms. The molecule has 38 heavy (non-hydrogen) atoms. The van der Waals surface area contributed by atoms with Gasteiger partial charge in [0.05, 0.1) is 36.9 Å². The molecule has 2 atom stereocenters. The van der Waals surface area contributed by atoms with Crippen molar-refractivity contribution in [2.75, 3.05) is 25.6 Å². The fourth-order valence-corrected chi connectivity index (χ4v) is 5.60. The smallest absolute Gasteiger partial charge is 0.306 e. The largest absolute Gasteiger partial charge is 0.493 e. The zero-order chi connectivity index (χ0) is 26.2. The van der Waals surface area contributed by atoms with Gasteiger partial charge in [-0.15, -0.1) is 0 Å². The van der Waals surface area contributed by atoms with Crippen molar-refractivity contribution in [3.05, 3.63) is 82.7 Å². The standard InChI is InChI=1S/C31H33N3O4/c1-19-9-12-27-25(14-19)33-31(28-8-5-13-37-28)34(27)26-7-4-6-21(20(26)2)17-32-23-10-11-24-22(15-30(35)36-3)18-38-29(24)16-23/h4,6-7,9-12,14,16,22,28,32H,5,8,13,15,17-18H2,1-3H3. The highest BCUT2D eigenvalue weighted by atomic mass is 16.5. The van der Waals surface area contributed by atoms with Gasteiger partial charge in [-0.3, -0.25) is 9.36 Å². The number of anilines is 1. The van der Waals surface area contributed by atoms with Gasteiger partial charge in [-0.1, -0.05) is 24.3 Å². The molecule has 4 aromatic rings. The van der Waals surface area contributed by atoms with E-state index in [1.165, 1.54) is 23.8 Å². The second kappa shape index (κ2) is 10.1. The number of nitrogens with one attached hydrogen (secondary N) is 1. The number of methoxy groups -OCH3 is 1. The van der Waals surface area contributed by atoms with E-state index in [1.54, 1.807) is 0 Å². The molecule has 6 rings (SSSR count). The number of fused-ring (bicyclic) bond motifs is 2. The van der Waals surface area contributed by atoms with Crippen LogP contribution >= 0.6 is 0 Å². The Morgan fingerprint density at radius 2 is 2.05 bits per heavy atom. The number of carbonyl (C=O) groups is 1. The lowest BCUT2D eigenvalue weighted by atomic mass is 9.97. The molecule has 1 saturated heterocycles. The summed E-state index contributed by atoms with van der Waals surface area (Å²) in [6.45, 7) is 6.23. The molecule has 7 nitrogen and oxygen atoms in total. The minimum Gasteiger partial charge on any atom is -0.493 e. The molecule has 7 heteroatoms. The predicted molar refractivity (Wildman–Crippen MR) is 147 cm³/mol. The van der Waals surface area contributed by atoms with E-state index in [-0.39, 0.29) is 18.0 Å². The number of esters is 1. The fourth-order valence-electron chi connectivity index (χ4n) is 5.60. The molecule has 0 saturated carbocycles. The van der Waals surface area contributed by atoms with E-state index in [1.807, 2.05) is 6.07 Å². The highest BCUT2D eigenvalue weighted by Crippen LogP contribution is 2.38. The Labute approximate surface area is 222 Å². The number of hydrogen-bond donors (Lipinski definition) is 1. The van der Waals surface area contributed by atoms with Gasteiger partial charge in [0.25, 0.3) is 0 Å². The first kappa shape index (κ1) is 24.5. The Balaban J connectivity index is 1.27. The molecule has 1 fully saturated rings. The number of rotatable bonds is 7. The number of hydrogen-bond acceptors (Lipinski definition) is 6. The Morgan fingerprint density at radius 3 is 2.87 bits per heavy atom. The summed E-state index contributed by atoms with van der Waals surface area (Å²) in [5, 5.41) is 3.56. The van der Waals surface area contributed by atoms with Gasteiger partial charge in [0.2, 0.25) is 0 Å². The lowest BCUT2D eigenvalue weighted by Gasteiger charge is -2.18. The first-order chi connectivity index (χ1) is 18.5. The van der Waals surface area contributed by atoms with Crippen molar-refractivity contribution in [1.29, 1.82) is 0 Å². The van der Waals surface area contributed by atoms with Crippen molar-refractivity contribution in [3.63, 3.8) is 0 Å². The number of nitrogens with zero attached hydrogens (tertiary/aromatic N) is 2. The molecule has 1 N–H and O–H groups in total. The molecule has 0 amide bonds. The third-order valence-corrected chi connectivity index (χ3v) is 7.73. The number of ether oxygens (including phenoxy) is 3. The summed E-state index contributed by atoms with van der Waals surface area (Å²) < 4.78 is 19.1. The van der Waals surface area contributed by atoms with Gasteiger partial charge >= 0.3 is 5.97 Å². The minimum absolute atomic E-state index is 0.0123. The molecule has 2 aliphatic rings. The van der Waals surface area contributed by atoms with Gasteiger partial charge in [0.1, 0.15) is 17.7 Å². The van der Waals surface area contributed by atoms with Crippen LogP contribution in [0.5, 0.6) is 5.75 Å². The lowest BCUT2D eigenvalue weighted by Crippen LogP contribution is -2.10. The number of carbonyl (C=O) groups excluding carboxylic acids is 1. The van der Waals surface area contributed by atoms with Gasteiger partial charge in [0, 0.05) is 36.4 Å². The zero-order valence-electron chi connectivity index (χ0n) is 22.1. The second-order valence-corrected chi connectivity index (χ2v) is 10.3. The monoisotopic (exact) mass is 511 g/mol. The Kier molecular flexibility index (Phi) is 6.54. The van der Waals surface area contributed by atoms with E-state index >= 15 is 0 Å². The van der Waals surface area contributed by atoms with Crippen LogP contribution in [0, 0.1) is 13.8 Å². The van der Waals surface area contributed by atoms with E-state index in [9.17, 15) is 4.79 Å². The first-order valence-electron chi connectivity index (χ1n) is 13.3. The van der Waals surface area contributed by atoms with E-state index < -0.39 is 0 Å². The summed E-state index contributed by atoms with van der Waals surface area (Å²) in [5.41, 5.74) is 8.89. The Bertz CT molecular complexity index is 1500. The van der Waals surface area contributed by atoms with E-state index in [0.717, 1.165) is 59.0 Å². The first-order valence-corrected chi connectivity index (χ1v) is 13.3. The number of imidazole rings is 1. The Hall–Kier alpha value is -3.84. The SMILES string of the molecule is COC(=O)CC1COc2cc(NCc3cccc(-n4c(C5CCCO5)nc5cc(C)ccc54)c3C)ccc21. The summed E-state index contributed by atoms with van der Waals surface area (Å²) in [7, 11) is 1.42. The summed E-state index contributed by atoms with van der Waals surface area (Å²) in [6.07, 6.45) is 2.39. The number of aryl methyl sites for hydroxylation is 1. The summed E-state index contributed by atoms with van der Waals surface area (Å²) in [6, 6.07) is 19.0. The fraction of sp³-hybridized carbons (Fsp3) is 0.355. The van der Waals surface area contributed by atoms with Crippen LogP contribution in [0.1, 0.15) is 59.4 Å². The maximum Gasteiger partial charge on any atom is 0.306 e. The molecular formula is C31H33N3O4. The van der Waals surface area contributed by atoms with Crippen LogP contribution in [-0.2, 0) is 20.8 Å². The normalized spacial score (nSPS) is 18.4. The van der Waals surface area contributed by atoms with Crippen LogP contribution in [0.2, 0.25) is 0 Å². The molecule has 2 unspecified atom stereocenters. The van der Waals surface area contributed by atoms with Crippen molar-refractivity contribution in [3.8, 4) is 11.4 Å². The average molecular weight is 512 g/mol. The van der Waals surface area contributed by atoms with Crippen LogP contribution < -0.4 is 10.1 Å². The number of aromatic nitrogens is 2. The highest BCUT2D eigenvalue weighted by molar-refractivity contribution is 5.80. The molecule has 2 aliphatic heterocycles. The zero-order valence-corrected chi connectivity index (χ0v) is 22.1. The van der Waals surface area contributed by atoms with E-state index in [4.69, 9.17) is 19.2 Å². The van der Waals surface area contributed by atoms with Gasteiger partial charge in [-0.25, -0.2) is 4.98 Å². The summed E-state index contributed by atoms with van der Waals surface area (Å²) >= 11 is 0. The molecule has 0 radical (unpaired) electrons. The summed E-state index contributed by atoms with van der Waals surface area (Å²) in [4.78, 5) is 16.8. The predicted octanol–water partition coefficient (Wildman–Crippen LogP) is 6.15. The highest BCUT2D eigenvalue weighted by Gasteiger charge is 2.28. The second-order valence-electron chi connectivity index (χ2n) is 10.3. The van der Waals surface area contributed by atoms with Gasteiger partial charge in [-0.2, -0.15) is 0 Å². The molecule has 3 aromatic carbocycles. The molecule has 196 valence electrons. The van der Waals surface area contributed by atoms with Crippen LogP contribution in [0.4, 0.5) is 5.69 Å². The van der Waals surface area contributed by atoms with E-state index in [0.29, 0.717) is 19.6 Å². The molecule has 0 bridgehead atoms. The van der Waals surface area contributed by atoms with Crippen LogP contribution in [0.25, 0.3) is 16.7 Å². The van der Waals surface area contributed by atoms with Gasteiger partial charge in [0.15, 0.2) is 0 Å².